The number of aliphatic hydroxyl groups is 1. The Morgan fingerprint density at radius 3 is 2.88 bits per heavy atom. The van der Waals surface area contributed by atoms with Crippen molar-refractivity contribution in [3.8, 4) is 0 Å². The molecule has 0 saturated carbocycles. The predicted octanol–water partition coefficient (Wildman–Crippen LogP) is 1.84. The fraction of sp³-hybridized carbons (Fsp3) is 0.500. The number of carbonyl (C=O) groups excluding carboxylic acids is 1. The number of aromatic nitrogens is 2. The zero-order valence-electron chi connectivity index (χ0n) is 15.0. The van der Waals surface area contributed by atoms with Gasteiger partial charge in [-0.15, -0.1) is 0 Å². The molecule has 0 bridgehead atoms. The van der Waals surface area contributed by atoms with E-state index in [9.17, 15) is 9.90 Å². The Hall–Kier alpha value is -2.18. The van der Waals surface area contributed by atoms with Gasteiger partial charge in [0, 0.05) is 37.3 Å². The highest BCUT2D eigenvalue weighted by atomic mass is 16.3. The third-order valence-electron chi connectivity index (χ3n) is 5.61. The van der Waals surface area contributed by atoms with Gasteiger partial charge < -0.3 is 10.0 Å². The number of fused-ring (bicyclic) bond motifs is 1. The van der Waals surface area contributed by atoms with Crippen molar-refractivity contribution in [2.75, 3.05) is 13.1 Å². The third kappa shape index (κ3) is 3.39. The van der Waals surface area contributed by atoms with E-state index in [1.807, 2.05) is 11.0 Å². The number of nitrogens with zero attached hydrogens (tertiary/aromatic N) is 3. The van der Waals surface area contributed by atoms with Gasteiger partial charge in [0.1, 0.15) is 0 Å². The standard InChI is InChI=1S/C20H26N4O2/c25-14-18-16-13-24(11-9-17(16)21-22-18)20(26)19-8-4-5-10-23(19)12-15-6-2-1-3-7-15/h1-3,6-7,19,25H,4-5,8-14H2,(H,21,22)/t19-/m1/s1. The lowest BCUT2D eigenvalue weighted by Crippen LogP contribution is -2.51. The molecule has 1 atom stereocenters. The molecule has 0 spiro atoms. The summed E-state index contributed by atoms with van der Waals surface area (Å²) >= 11 is 0. The molecule has 26 heavy (non-hydrogen) atoms. The topological polar surface area (TPSA) is 72.5 Å². The van der Waals surface area contributed by atoms with Crippen molar-refractivity contribution in [2.24, 2.45) is 0 Å². The Morgan fingerprint density at radius 2 is 2.08 bits per heavy atom. The minimum Gasteiger partial charge on any atom is -0.390 e. The normalized spacial score (nSPS) is 20.8. The molecule has 0 unspecified atom stereocenters. The second kappa shape index (κ2) is 7.60. The van der Waals surface area contributed by atoms with E-state index in [2.05, 4.69) is 39.4 Å². The van der Waals surface area contributed by atoms with E-state index in [1.54, 1.807) is 0 Å². The molecule has 2 N–H and O–H groups in total. The average Bonchev–Trinajstić information content (AvgIpc) is 3.11. The highest BCUT2D eigenvalue weighted by Gasteiger charge is 2.34. The zero-order chi connectivity index (χ0) is 17.9. The summed E-state index contributed by atoms with van der Waals surface area (Å²) in [5.41, 5.74) is 3.98. The van der Waals surface area contributed by atoms with Crippen molar-refractivity contribution in [3.63, 3.8) is 0 Å². The van der Waals surface area contributed by atoms with E-state index < -0.39 is 0 Å². The summed E-state index contributed by atoms with van der Waals surface area (Å²) in [7, 11) is 0. The molecule has 6 heteroatoms. The van der Waals surface area contributed by atoms with Crippen LogP contribution in [0.25, 0.3) is 0 Å². The lowest BCUT2D eigenvalue weighted by atomic mass is 9.98. The van der Waals surface area contributed by atoms with E-state index in [0.29, 0.717) is 18.8 Å². The molecule has 2 aliphatic heterocycles. The summed E-state index contributed by atoms with van der Waals surface area (Å²) in [6.07, 6.45) is 3.96. The van der Waals surface area contributed by atoms with Crippen LogP contribution >= 0.6 is 0 Å². The number of aliphatic hydroxyl groups excluding tert-OH is 1. The Kier molecular flexibility index (Phi) is 5.04. The molecule has 2 aromatic rings. The van der Waals surface area contributed by atoms with Crippen LogP contribution < -0.4 is 0 Å². The first kappa shape index (κ1) is 17.2. The fourth-order valence-electron chi connectivity index (χ4n) is 4.16. The molecule has 0 aliphatic carbocycles. The van der Waals surface area contributed by atoms with Crippen molar-refractivity contribution < 1.29 is 9.90 Å². The van der Waals surface area contributed by atoms with E-state index in [-0.39, 0.29) is 18.6 Å². The maximum atomic E-state index is 13.3. The minimum absolute atomic E-state index is 0.0463. The molecular formula is C20H26N4O2. The van der Waals surface area contributed by atoms with Gasteiger partial charge >= 0.3 is 0 Å². The monoisotopic (exact) mass is 354 g/mol. The summed E-state index contributed by atoms with van der Waals surface area (Å²) in [5, 5.41) is 16.6. The van der Waals surface area contributed by atoms with Gasteiger partial charge in [0.25, 0.3) is 0 Å². The summed E-state index contributed by atoms with van der Waals surface area (Å²) in [5.74, 6) is 0.219. The second-order valence-corrected chi connectivity index (χ2v) is 7.26. The molecule has 1 amide bonds. The first-order valence-electron chi connectivity index (χ1n) is 9.49. The molecule has 1 aromatic carbocycles. The Bertz CT molecular complexity index is 745. The molecule has 3 heterocycles. The van der Waals surface area contributed by atoms with Crippen molar-refractivity contribution in [1.82, 2.24) is 20.0 Å². The van der Waals surface area contributed by atoms with Crippen LogP contribution in [-0.2, 0) is 30.9 Å². The molecule has 1 fully saturated rings. The number of hydrogen-bond donors (Lipinski definition) is 2. The zero-order valence-corrected chi connectivity index (χ0v) is 15.0. The maximum absolute atomic E-state index is 13.3. The lowest BCUT2D eigenvalue weighted by Gasteiger charge is -2.38. The van der Waals surface area contributed by atoms with Crippen LogP contribution in [0.3, 0.4) is 0 Å². The van der Waals surface area contributed by atoms with Gasteiger partial charge in [0.15, 0.2) is 0 Å². The summed E-state index contributed by atoms with van der Waals surface area (Å²) < 4.78 is 0. The Morgan fingerprint density at radius 1 is 1.23 bits per heavy atom. The van der Waals surface area contributed by atoms with Crippen LogP contribution in [0.5, 0.6) is 0 Å². The largest absolute Gasteiger partial charge is 0.390 e. The second-order valence-electron chi connectivity index (χ2n) is 7.26. The third-order valence-corrected chi connectivity index (χ3v) is 5.61. The number of benzene rings is 1. The van der Waals surface area contributed by atoms with E-state index in [0.717, 1.165) is 50.0 Å². The van der Waals surface area contributed by atoms with Crippen LogP contribution in [0.2, 0.25) is 0 Å². The first-order chi connectivity index (χ1) is 12.8. The number of H-pyrrole nitrogens is 1. The number of piperidine rings is 1. The van der Waals surface area contributed by atoms with Gasteiger partial charge in [-0.1, -0.05) is 36.8 Å². The summed E-state index contributed by atoms with van der Waals surface area (Å²) in [4.78, 5) is 17.6. The van der Waals surface area contributed by atoms with Crippen molar-refractivity contribution in [2.45, 2.75) is 51.4 Å². The van der Waals surface area contributed by atoms with Crippen LogP contribution in [0, 0.1) is 0 Å². The number of likely N-dealkylation sites (tertiary alicyclic amines) is 1. The number of nitrogens with one attached hydrogen (secondary N) is 1. The van der Waals surface area contributed by atoms with E-state index in [4.69, 9.17) is 0 Å². The quantitative estimate of drug-likeness (QED) is 0.879. The van der Waals surface area contributed by atoms with Crippen molar-refractivity contribution in [1.29, 1.82) is 0 Å². The van der Waals surface area contributed by atoms with Gasteiger partial charge in [-0.2, -0.15) is 5.10 Å². The van der Waals surface area contributed by atoms with Gasteiger partial charge in [0.05, 0.1) is 18.3 Å². The van der Waals surface area contributed by atoms with Crippen LogP contribution in [0.4, 0.5) is 0 Å². The number of amides is 1. The van der Waals surface area contributed by atoms with Crippen LogP contribution in [0.1, 0.15) is 41.8 Å². The molecule has 1 saturated heterocycles. The molecule has 138 valence electrons. The van der Waals surface area contributed by atoms with Crippen LogP contribution in [0.15, 0.2) is 30.3 Å². The fourth-order valence-corrected chi connectivity index (χ4v) is 4.16. The van der Waals surface area contributed by atoms with Gasteiger partial charge in [0.2, 0.25) is 5.91 Å². The smallest absolute Gasteiger partial charge is 0.240 e. The summed E-state index contributed by atoms with van der Waals surface area (Å²) in [6, 6.07) is 10.3. The molecular weight excluding hydrogens is 328 g/mol. The number of aromatic amines is 1. The predicted molar refractivity (Wildman–Crippen MR) is 98.1 cm³/mol. The Labute approximate surface area is 153 Å². The van der Waals surface area contributed by atoms with Crippen LogP contribution in [-0.4, -0.2) is 50.1 Å². The number of carbonyl (C=O) groups is 1. The maximum Gasteiger partial charge on any atom is 0.240 e. The number of rotatable bonds is 4. The average molecular weight is 354 g/mol. The number of hydrogen-bond acceptors (Lipinski definition) is 4. The minimum atomic E-state index is -0.0859. The highest BCUT2D eigenvalue weighted by Crippen LogP contribution is 2.25. The van der Waals surface area contributed by atoms with E-state index in [1.165, 1.54) is 5.56 Å². The first-order valence-corrected chi connectivity index (χ1v) is 9.49. The van der Waals surface area contributed by atoms with Gasteiger partial charge in [-0.3, -0.25) is 14.8 Å². The summed E-state index contributed by atoms with van der Waals surface area (Å²) in [6.45, 7) is 2.98. The molecule has 6 nitrogen and oxygen atoms in total. The Balaban J connectivity index is 1.49. The molecule has 1 aromatic heterocycles. The SMILES string of the molecule is O=C([C@H]1CCCCN1Cc1ccccc1)N1CCc2[nH]nc(CO)c2C1. The van der Waals surface area contributed by atoms with Gasteiger partial charge in [-0.05, 0) is 24.9 Å². The van der Waals surface area contributed by atoms with Gasteiger partial charge in [-0.25, -0.2) is 0 Å². The van der Waals surface area contributed by atoms with Crippen molar-refractivity contribution >= 4 is 5.91 Å². The van der Waals surface area contributed by atoms with E-state index >= 15 is 0 Å². The molecule has 2 aliphatic rings. The lowest BCUT2D eigenvalue weighted by molar-refractivity contribution is -0.139. The molecule has 0 radical (unpaired) electrons. The van der Waals surface area contributed by atoms with Crippen molar-refractivity contribution in [3.05, 3.63) is 52.8 Å². The molecule has 4 rings (SSSR count). The highest BCUT2D eigenvalue weighted by molar-refractivity contribution is 5.82.